The molecule has 0 aliphatic rings. The zero-order chi connectivity index (χ0) is 28.5. The van der Waals surface area contributed by atoms with Crippen LogP contribution in [0.15, 0.2) is 85.7 Å². The van der Waals surface area contributed by atoms with E-state index in [-0.39, 0.29) is 5.91 Å². The molecule has 0 saturated heterocycles. The lowest BCUT2D eigenvalue weighted by Crippen LogP contribution is -2.29. The normalized spacial score (nSPS) is 10.6. The summed E-state index contributed by atoms with van der Waals surface area (Å²) in [6.07, 6.45) is 4.57. The molecule has 0 fully saturated rings. The number of para-hydroxylation sites is 1. The average Bonchev–Trinajstić information content (AvgIpc) is 2.97. The van der Waals surface area contributed by atoms with Crippen molar-refractivity contribution in [3.05, 3.63) is 85.7 Å². The first-order valence-corrected chi connectivity index (χ1v) is 12.7. The number of hydrogen-bond donors (Lipinski definition) is 2. The summed E-state index contributed by atoms with van der Waals surface area (Å²) < 4.78 is 11.7. The highest BCUT2D eigenvalue weighted by atomic mass is 16.5. The van der Waals surface area contributed by atoms with Crippen LogP contribution in [0.4, 0.5) is 23.0 Å². The highest BCUT2D eigenvalue weighted by Crippen LogP contribution is 2.38. The van der Waals surface area contributed by atoms with E-state index in [0.29, 0.717) is 40.4 Å². The van der Waals surface area contributed by atoms with Gasteiger partial charge in [0.25, 0.3) is 0 Å². The molecule has 206 valence electrons. The molecule has 0 aliphatic carbocycles. The zero-order valence-corrected chi connectivity index (χ0v) is 23.1. The second-order valence-corrected chi connectivity index (χ2v) is 9.14. The van der Waals surface area contributed by atoms with E-state index in [2.05, 4.69) is 37.0 Å². The maximum Gasteiger partial charge on any atom is 0.247 e. The van der Waals surface area contributed by atoms with Crippen LogP contribution in [0.2, 0.25) is 0 Å². The number of carbonyl (C=O) groups is 1. The van der Waals surface area contributed by atoms with E-state index in [4.69, 9.17) is 14.5 Å². The van der Waals surface area contributed by atoms with Gasteiger partial charge in [-0.25, -0.2) is 15.0 Å². The molecule has 2 aromatic carbocycles. The highest BCUT2D eigenvalue weighted by Gasteiger charge is 2.17. The molecule has 40 heavy (non-hydrogen) atoms. The Labute approximate surface area is 234 Å². The summed E-state index contributed by atoms with van der Waals surface area (Å²) in [6.45, 7) is 5.15. The van der Waals surface area contributed by atoms with Crippen LogP contribution in [0.1, 0.15) is 0 Å². The van der Waals surface area contributed by atoms with Crippen molar-refractivity contribution in [1.29, 1.82) is 0 Å². The number of ether oxygens (including phenoxy) is 2. The number of likely N-dealkylation sites (N-methyl/N-ethyl adjacent to an activating group) is 2. The number of nitrogens with zero attached hydrogens (tertiary/aromatic N) is 5. The Morgan fingerprint density at radius 1 is 0.950 bits per heavy atom. The van der Waals surface area contributed by atoms with Gasteiger partial charge in [-0.2, -0.15) is 0 Å². The molecule has 10 heteroatoms. The van der Waals surface area contributed by atoms with Crippen LogP contribution in [-0.2, 0) is 4.79 Å². The maximum atomic E-state index is 12.3. The van der Waals surface area contributed by atoms with Crippen LogP contribution in [0.3, 0.4) is 0 Å². The van der Waals surface area contributed by atoms with Crippen molar-refractivity contribution in [3.63, 3.8) is 0 Å². The Morgan fingerprint density at radius 2 is 1.75 bits per heavy atom. The number of benzene rings is 2. The molecule has 0 radical (unpaired) electrons. The van der Waals surface area contributed by atoms with Crippen molar-refractivity contribution in [1.82, 2.24) is 19.9 Å². The molecule has 0 aliphatic heterocycles. The van der Waals surface area contributed by atoms with Gasteiger partial charge in [0.1, 0.15) is 11.5 Å². The molecule has 0 unspecified atom stereocenters. The molecule has 0 atom stereocenters. The number of methoxy groups -OCH3 is 1. The van der Waals surface area contributed by atoms with Crippen molar-refractivity contribution in [2.45, 2.75) is 0 Å². The van der Waals surface area contributed by atoms with Gasteiger partial charge in [-0.15, -0.1) is 0 Å². The number of amides is 1. The third-order valence-electron chi connectivity index (χ3n) is 5.97. The van der Waals surface area contributed by atoms with Crippen LogP contribution < -0.4 is 25.0 Å². The molecule has 0 saturated carbocycles. The smallest absolute Gasteiger partial charge is 0.247 e. The Bertz CT molecular complexity index is 1460. The highest BCUT2D eigenvalue weighted by molar-refractivity contribution is 6.02. The quantitative estimate of drug-likeness (QED) is 0.235. The predicted molar refractivity (Wildman–Crippen MR) is 159 cm³/mol. The molecule has 0 spiro atoms. The lowest BCUT2D eigenvalue weighted by molar-refractivity contribution is -0.111. The molecule has 0 bridgehead atoms. The van der Waals surface area contributed by atoms with Gasteiger partial charge >= 0.3 is 0 Å². The third-order valence-corrected chi connectivity index (χ3v) is 5.97. The number of anilines is 4. The number of carbonyl (C=O) groups excluding carboxylic acids is 1. The fourth-order valence-electron chi connectivity index (χ4n) is 3.88. The Kier molecular flexibility index (Phi) is 9.27. The van der Waals surface area contributed by atoms with Gasteiger partial charge in [0.15, 0.2) is 0 Å². The van der Waals surface area contributed by atoms with Crippen LogP contribution >= 0.6 is 0 Å². The van der Waals surface area contributed by atoms with Crippen molar-refractivity contribution < 1.29 is 14.3 Å². The Balaban J connectivity index is 1.67. The Hall–Kier alpha value is -4.96. The van der Waals surface area contributed by atoms with Gasteiger partial charge in [-0.1, -0.05) is 24.8 Å². The topological polar surface area (TPSA) is 105 Å². The van der Waals surface area contributed by atoms with Crippen LogP contribution in [0.25, 0.3) is 11.3 Å². The molecular weight excluding hydrogens is 506 g/mol. The number of pyridine rings is 1. The molecule has 2 aromatic heterocycles. The van der Waals surface area contributed by atoms with Crippen molar-refractivity contribution in [2.75, 3.05) is 56.9 Å². The van der Waals surface area contributed by atoms with Crippen molar-refractivity contribution in [2.24, 2.45) is 0 Å². The van der Waals surface area contributed by atoms with Gasteiger partial charge in [0.05, 0.1) is 29.9 Å². The molecule has 2 N–H and O–H groups in total. The molecular formula is C30H33N7O3. The van der Waals surface area contributed by atoms with E-state index in [1.807, 2.05) is 69.7 Å². The van der Waals surface area contributed by atoms with Gasteiger partial charge in [0, 0.05) is 50.2 Å². The SMILES string of the molecule is C=CC(=O)Nc1cc(Nc2nccc(-c3ccccc3Oc3ccccn3)n2)c(OC)cc1N(C)CCN(C)C. The fraction of sp³-hybridized carbons (Fsp3) is 0.200. The first-order valence-electron chi connectivity index (χ1n) is 12.7. The molecule has 10 nitrogen and oxygen atoms in total. The number of aromatic nitrogens is 3. The lowest BCUT2D eigenvalue weighted by Gasteiger charge is -2.26. The van der Waals surface area contributed by atoms with Gasteiger partial charge in [0.2, 0.25) is 17.7 Å². The van der Waals surface area contributed by atoms with Gasteiger partial charge in [-0.3, -0.25) is 4.79 Å². The van der Waals surface area contributed by atoms with E-state index in [1.165, 1.54) is 6.08 Å². The van der Waals surface area contributed by atoms with E-state index < -0.39 is 0 Å². The summed E-state index contributed by atoms with van der Waals surface area (Å²) in [5.74, 6) is 1.69. The summed E-state index contributed by atoms with van der Waals surface area (Å²) in [5.41, 5.74) is 3.42. The lowest BCUT2D eigenvalue weighted by atomic mass is 10.1. The third kappa shape index (κ3) is 7.12. The summed E-state index contributed by atoms with van der Waals surface area (Å²) in [6, 6.07) is 18.6. The van der Waals surface area contributed by atoms with E-state index in [1.54, 1.807) is 31.6 Å². The number of hydrogen-bond acceptors (Lipinski definition) is 9. The minimum Gasteiger partial charge on any atom is -0.494 e. The second-order valence-electron chi connectivity index (χ2n) is 9.14. The number of rotatable bonds is 12. The maximum absolute atomic E-state index is 12.3. The second kappa shape index (κ2) is 13.2. The minimum absolute atomic E-state index is 0.318. The van der Waals surface area contributed by atoms with Crippen LogP contribution in [0, 0.1) is 0 Å². The monoisotopic (exact) mass is 539 g/mol. The molecule has 1 amide bonds. The predicted octanol–water partition coefficient (Wildman–Crippen LogP) is 5.21. The zero-order valence-electron chi connectivity index (χ0n) is 23.1. The first kappa shape index (κ1) is 28.1. The van der Waals surface area contributed by atoms with E-state index in [9.17, 15) is 4.79 Å². The molecule has 2 heterocycles. The van der Waals surface area contributed by atoms with Crippen molar-refractivity contribution in [3.8, 4) is 28.6 Å². The van der Waals surface area contributed by atoms with E-state index in [0.717, 1.165) is 24.3 Å². The van der Waals surface area contributed by atoms with Gasteiger partial charge in [-0.05, 0) is 50.5 Å². The van der Waals surface area contributed by atoms with Gasteiger partial charge < -0.3 is 29.9 Å². The fourth-order valence-corrected chi connectivity index (χ4v) is 3.88. The Morgan fingerprint density at radius 3 is 2.48 bits per heavy atom. The molecule has 4 aromatic rings. The largest absolute Gasteiger partial charge is 0.494 e. The van der Waals surface area contributed by atoms with Crippen LogP contribution in [0.5, 0.6) is 17.4 Å². The number of nitrogens with one attached hydrogen (secondary N) is 2. The molecule has 4 rings (SSSR count). The van der Waals surface area contributed by atoms with Crippen molar-refractivity contribution >= 4 is 28.9 Å². The van der Waals surface area contributed by atoms with Crippen LogP contribution in [-0.4, -0.2) is 67.1 Å². The van der Waals surface area contributed by atoms with E-state index >= 15 is 0 Å². The summed E-state index contributed by atoms with van der Waals surface area (Å²) in [4.78, 5) is 29.8. The summed E-state index contributed by atoms with van der Waals surface area (Å²) >= 11 is 0. The summed E-state index contributed by atoms with van der Waals surface area (Å²) in [7, 11) is 7.58. The average molecular weight is 540 g/mol. The minimum atomic E-state index is -0.318. The summed E-state index contributed by atoms with van der Waals surface area (Å²) in [5, 5.41) is 6.15. The first-order chi connectivity index (χ1) is 19.4. The standard InChI is InChI=1S/C30H33N7O3/c1-6-28(38)33-23-19-24(27(39-5)20-25(23)37(4)18-17-36(2)3)35-30-32-16-14-22(34-30)21-11-7-8-12-26(21)40-29-13-9-10-15-31-29/h6-16,19-20H,1,17-18H2,2-5H3,(H,33,38)(H,32,34,35).